The van der Waals surface area contributed by atoms with Crippen LogP contribution in [0.5, 0.6) is 0 Å². The van der Waals surface area contributed by atoms with Gasteiger partial charge in [-0.15, -0.1) is 0 Å². The molecule has 0 spiro atoms. The van der Waals surface area contributed by atoms with Gasteiger partial charge >= 0.3 is 0 Å². The number of fused-ring (bicyclic) bond motifs is 1. The summed E-state index contributed by atoms with van der Waals surface area (Å²) in [4.78, 5) is 9.12. The first-order chi connectivity index (χ1) is 10.3. The van der Waals surface area contributed by atoms with Crippen LogP contribution in [0, 0.1) is 3.57 Å². The number of anilines is 3. The second-order valence-electron chi connectivity index (χ2n) is 4.55. The molecule has 5 heteroatoms. The molecule has 106 valence electrons. The maximum atomic E-state index is 4.59. The largest absolute Gasteiger partial charge is 0.354 e. The molecular formula is C16H15IN4. The van der Waals surface area contributed by atoms with Gasteiger partial charge in [0.05, 0.1) is 11.2 Å². The zero-order valence-corrected chi connectivity index (χ0v) is 13.8. The average Bonchev–Trinajstić information content (AvgIpc) is 2.50. The van der Waals surface area contributed by atoms with E-state index in [0.29, 0.717) is 5.95 Å². The monoisotopic (exact) mass is 390 g/mol. The predicted molar refractivity (Wildman–Crippen MR) is 96.1 cm³/mol. The summed E-state index contributed by atoms with van der Waals surface area (Å²) in [5, 5.41) is 7.60. The Morgan fingerprint density at radius 3 is 2.57 bits per heavy atom. The lowest BCUT2D eigenvalue weighted by molar-refractivity contribution is 1.11. The third-order valence-electron chi connectivity index (χ3n) is 3.07. The Hall–Kier alpha value is -1.89. The van der Waals surface area contributed by atoms with Crippen LogP contribution in [0.4, 0.5) is 17.5 Å². The highest BCUT2D eigenvalue weighted by Crippen LogP contribution is 2.27. The molecule has 0 unspecified atom stereocenters. The van der Waals surface area contributed by atoms with Gasteiger partial charge in [-0.2, -0.15) is 4.98 Å². The first kappa shape index (κ1) is 14.1. The molecule has 1 aromatic heterocycles. The van der Waals surface area contributed by atoms with E-state index in [1.165, 1.54) is 0 Å². The topological polar surface area (TPSA) is 49.8 Å². The molecule has 0 aliphatic rings. The van der Waals surface area contributed by atoms with Gasteiger partial charge < -0.3 is 10.6 Å². The fraction of sp³-hybridized carbons (Fsp3) is 0.125. The fourth-order valence-electron chi connectivity index (χ4n) is 2.10. The van der Waals surface area contributed by atoms with Gasteiger partial charge in [0, 0.05) is 15.5 Å². The Kier molecular flexibility index (Phi) is 4.19. The first-order valence-corrected chi connectivity index (χ1v) is 7.88. The maximum Gasteiger partial charge on any atom is 0.225 e. The molecule has 0 bridgehead atoms. The second-order valence-corrected chi connectivity index (χ2v) is 5.71. The molecular weight excluding hydrogens is 375 g/mol. The maximum absolute atomic E-state index is 4.59. The van der Waals surface area contributed by atoms with Gasteiger partial charge in [-0.1, -0.05) is 24.3 Å². The number of nitrogens with one attached hydrogen (secondary N) is 2. The van der Waals surface area contributed by atoms with Crippen molar-refractivity contribution < 1.29 is 0 Å². The van der Waals surface area contributed by atoms with Crippen LogP contribution in [0.1, 0.15) is 6.92 Å². The van der Waals surface area contributed by atoms with Crippen molar-refractivity contribution in [1.29, 1.82) is 0 Å². The standard InChI is InChI=1S/C16H15IN4/c1-2-18-16-20-13-9-5-3-7-11(13)15(21-16)19-14-10-6-4-8-12(14)17/h3-10H,2H2,1H3,(H2,18,19,20,21). The predicted octanol–water partition coefficient (Wildman–Crippen LogP) is 4.41. The Morgan fingerprint density at radius 1 is 1.00 bits per heavy atom. The van der Waals surface area contributed by atoms with E-state index in [1.54, 1.807) is 0 Å². The molecule has 0 aliphatic heterocycles. The summed E-state index contributed by atoms with van der Waals surface area (Å²) in [5.41, 5.74) is 1.97. The molecule has 0 amide bonds. The molecule has 0 atom stereocenters. The minimum Gasteiger partial charge on any atom is -0.354 e. The number of aromatic nitrogens is 2. The Labute approximate surface area is 137 Å². The van der Waals surface area contributed by atoms with E-state index in [4.69, 9.17) is 0 Å². The molecule has 3 rings (SSSR count). The lowest BCUT2D eigenvalue weighted by Crippen LogP contribution is -2.05. The van der Waals surface area contributed by atoms with Crippen molar-refractivity contribution in [2.45, 2.75) is 6.92 Å². The Bertz CT molecular complexity index is 773. The van der Waals surface area contributed by atoms with Crippen LogP contribution in [0.2, 0.25) is 0 Å². The van der Waals surface area contributed by atoms with Crippen molar-refractivity contribution >= 4 is 50.9 Å². The number of rotatable bonds is 4. The summed E-state index contributed by atoms with van der Waals surface area (Å²) in [6.45, 7) is 2.83. The lowest BCUT2D eigenvalue weighted by atomic mass is 10.2. The van der Waals surface area contributed by atoms with Crippen molar-refractivity contribution in [1.82, 2.24) is 9.97 Å². The van der Waals surface area contributed by atoms with Gasteiger partial charge in [-0.25, -0.2) is 4.98 Å². The molecule has 0 aliphatic carbocycles. The van der Waals surface area contributed by atoms with E-state index in [9.17, 15) is 0 Å². The van der Waals surface area contributed by atoms with Crippen LogP contribution in [-0.4, -0.2) is 16.5 Å². The van der Waals surface area contributed by atoms with E-state index in [2.05, 4.69) is 49.3 Å². The zero-order chi connectivity index (χ0) is 14.7. The normalized spacial score (nSPS) is 10.6. The van der Waals surface area contributed by atoms with E-state index in [-0.39, 0.29) is 0 Å². The average molecular weight is 390 g/mol. The highest BCUT2D eigenvalue weighted by molar-refractivity contribution is 14.1. The first-order valence-electron chi connectivity index (χ1n) is 6.80. The number of hydrogen-bond donors (Lipinski definition) is 2. The SMILES string of the molecule is CCNc1nc(Nc2ccccc2I)c2ccccc2n1. The lowest BCUT2D eigenvalue weighted by Gasteiger charge is -2.12. The van der Waals surface area contributed by atoms with Gasteiger partial charge in [-0.3, -0.25) is 0 Å². The summed E-state index contributed by atoms with van der Waals surface area (Å²) in [5.74, 6) is 1.46. The molecule has 0 saturated carbocycles. The van der Waals surface area contributed by atoms with Crippen molar-refractivity contribution in [3.05, 3.63) is 52.1 Å². The number of halogens is 1. The second kappa shape index (κ2) is 6.26. The van der Waals surface area contributed by atoms with Gasteiger partial charge in [0.1, 0.15) is 5.82 Å². The van der Waals surface area contributed by atoms with E-state index < -0.39 is 0 Å². The van der Waals surface area contributed by atoms with Crippen molar-refractivity contribution in [2.24, 2.45) is 0 Å². The number of benzene rings is 2. The van der Waals surface area contributed by atoms with Crippen molar-refractivity contribution in [2.75, 3.05) is 17.2 Å². The molecule has 2 N–H and O–H groups in total. The van der Waals surface area contributed by atoms with Crippen molar-refractivity contribution in [3.8, 4) is 0 Å². The number of nitrogens with zero attached hydrogens (tertiary/aromatic N) is 2. The molecule has 1 heterocycles. The number of para-hydroxylation sites is 2. The van der Waals surface area contributed by atoms with Gasteiger partial charge in [-0.05, 0) is 53.8 Å². The van der Waals surface area contributed by atoms with Gasteiger partial charge in [0.15, 0.2) is 0 Å². The molecule has 4 nitrogen and oxygen atoms in total. The van der Waals surface area contributed by atoms with Crippen molar-refractivity contribution in [3.63, 3.8) is 0 Å². The van der Waals surface area contributed by atoms with Gasteiger partial charge in [0.2, 0.25) is 5.95 Å². The minimum atomic E-state index is 0.643. The molecule has 21 heavy (non-hydrogen) atoms. The van der Waals surface area contributed by atoms with Crippen LogP contribution < -0.4 is 10.6 Å². The third kappa shape index (κ3) is 3.07. The van der Waals surface area contributed by atoms with Crippen LogP contribution >= 0.6 is 22.6 Å². The molecule has 0 fully saturated rings. The summed E-state index contributed by atoms with van der Waals surface area (Å²) in [7, 11) is 0. The van der Waals surface area contributed by atoms with Gasteiger partial charge in [0.25, 0.3) is 0 Å². The molecule has 0 saturated heterocycles. The quantitative estimate of drug-likeness (QED) is 0.648. The molecule has 3 aromatic rings. The molecule has 0 radical (unpaired) electrons. The minimum absolute atomic E-state index is 0.643. The summed E-state index contributed by atoms with van der Waals surface area (Å²) >= 11 is 2.31. The van der Waals surface area contributed by atoms with E-state index in [0.717, 1.165) is 32.5 Å². The smallest absolute Gasteiger partial charge is 0.225 e. The summed E-state index contributed by atoms with van der Waals surface area (Å²) in [6, 6.07) is 16.2. The summed E-state index contributed by atoms with van der Waals surface area (Å²) < 4.78 is 1.16. The third-order valence-corrected chi connectivity index (χ3v) is 4.01. The zero-order valence-electron chi connectivity index (χ0n) is 11.6. The number of hydrogen-bond acceptors (Lipinski definition) is 4. The van der Waals surface area contributed by atoms with Crippen LogP contribution in [0.25, 0.3) is 10.9 Å². The summed E-state index contributed by atoms with van der Waals surface area (Å²) in [6.07, 6.45) is 0. The Morgan fingerprint density at radius 2 is 1.76 bits per heavy atom. The van der Waals surface area contributed by atoms with Crippen LogP contribution in [0.15, 0.2) is 48.5 Å². The van der Waals surface area contributed by atoms with Crippen LogP contribution in [0.3, 0.4) is 0 Å². The Balaban J connectivity index is 2.09. The highest BCUT2D eigenvalue weighted by Gasteiger charge is 2.08. The van der Waals surface area contributed by atoms with E-state index in [1.807, 2.05) is 49.4 Å². The fourth-order valence-corrected chi connectivity index (χ4v) is 2.62. The van der Waals surface area contributed by atoms with Crippen LogP contribution in [-0.2, 0) is 0 Å². The molecule has 2 aromatic carbocycles. The van der Waals surface area contributed by atoms with E-state index >= 15 is 0 Å². The highest BCUT2D eigenvalue weighted by atomic mass is 127.